The van der Waals surface area contributed by atoms with Gasteiger partial charge in [-0.2, -0.15) is 0 Å². The highest BCUT2D eigenvalue weighted by atomic mass is 16.4. The molecule has 1 N–H and O–H groups in total. The molecule has 0 radical (unpaired) electrons. The van der Waals surface area contributed by atoms with Crippen LogP contribution in [0.5, 0.6) is 0 Å². The molecule has 0 bridgehead atoms. The molecule has 0 aromatic heterocycles. The van der Waals surface area contributed by atoms with Crippen molar-refractivity contribution >= 4 is 5.97 Å². The molecule has 2 atom stereocenters. The quantitative estimate of drug-likeness (QED) is 0.753. The van der Waals surface area contributed by atoms with E-state index in [4.69, 9.17) is 5.11 Å². The highest BCUT2D eigenvalue weighted by Gasteiger charge is 2.69. The molecule has 0 saturated heterocycles. The van der Waals surface area contributed by atoms with Gasteiger partial charge in [-0.25, -0.2) is 0 Å². The summed E-state index contributed by atoms with van der Waals surface area (Å²) < 4.78 is 0. The summed E-state index contributed by atoms with van der Waals surface area (Å²) >= 11 is 0. The molecule has 2 rings (SSSR count). The number of aliphatic carboxylic acids is 1. The van der Waals surface area contributed by atoms with E-state index >= 15 is 0 Å². The Hall–Kier alpha value is -0.530. The molecule has 2 saturated carbocycles. The first-order chi connectivity index (χ1) is 6.46. The highest BCUT2D eigenvalue weighted by Crippen LogP contribution is 2.71. The van der Waals surface area contributed by atoms with Crippen LogP contribution in [-0.2, 0) is 4.79 Å². The minimum Gasteiger partial charge on any atom is -0.481 e. The summed E-state index contributed by atoms with van der Waals surface area (Å²) in [5, 5.41) is 9.14. The fourth-order valence-electron chi connectivity index (χ4n) is 3.76. The Bertz CT molecular complexity index is 258. The van der Waals surface area contributed by atoms with Crippen LogP contribution in [0.2, 0.25) is 0 Å². The fraction of sp³-hybridized carbons (Fsp3) is 0.917. The molecule has 0 heterocycles. The van der Waals surface area contributed by atoms with Crippen molar-refractivity contribution in [1.29, 1.82) is 0 Å². The average molecular weight is 196 g/mol. The second-order valence-corrected chi connectivity index (χ2v) is 5.68. The molecule has 2 unspecified atom stereocenters. The van der Waals surface area contributed by atoms with E-state index in [0.717, 1.165) is 6.42 Å². The molecule has 2 nitrogen and oxygen atoms in total. The standard InChI is InChI=1S/C12H20O2/c1-4-12(6-5-7-12)9-8(10(13)14)11(9,2)3/h8-9H,4-7H2,1-3H3,(H,13,14). The zero-order chi connectivity index (χ0) is 10.6. The zero-order valence-electron chi connectivity index (χ0n) is 9.34. The Balaban J connectivity index is 2.17. The Morgan fingerprint density at radius 2 is 2.00 bits per heavy atom. The van der Waals surface area contributed by atoms with Crippen LogP contribution in [0.3, 0.4) is 0 Å². The lowest BCUT2D eigenvalue weighted by Gasteiger charge is -2.43. The third-order valence-electron chi connectivity index (χ3n) is 4.81. The Kier molecular flexibility index (Phi) is 1.96. The van der Waals surface area contributed by atoms with Gasteiger partial charge in [0.1, 0.15) is 0 Å². The summed E-state index contributed by atoms with van der Waals surface area (Å²) in [6.07, 6.45) is 4.96. The van der Waals surface area contributed by atoms with E-state index in [9.17, 15) is 4.79 Å². The van der Waals surface area contributed by atoms with Crippen LogP contribution >= 0.6 is 0 Å². The minimum absolute atomic E-state index is 0.0439. The van der Waals surface area contributed by atoms with E-state index in [1.54, 1.807) is 0 Å². The van der Waals surface area contributed by atoms with Crippen molar-refractivity contribution in [1.82, 2.24) is 0 Å². The summed E-state index contributed by atoms with van der Waals surface area (Å²) in [5.41, 5.74) is 0.425. The first-order valence-electron chi connectivity index (χ1n) is 5.68. The number of carboxylic acid groups (broad SMARTS) is 1. The van der Waals surface area contributed by atoms with Crippen molar-refractivity contribution in [2.75, 3.05) is 0 Å². The van der Waals surface area contributed by atoms with Gasteiger partial charge in [0, 0.05) is 0 Å². The van der Waals surface area contributed by atoms with Crippen molar-refractivity contribution in [3.8, 4) is 0 Å². The van der Waals surface area contributed by atoms with Crippen molar-refractivity contribution in [2.24, 2.45) is 22.7 Å². The molecule has 80 valence electrons. The maximum Gasteiger partial charge on any atom is 0.307 e. The molecular formula is C12H20O2. The van der Waals surface area contributed by atoms with Gasteiger partial charge in [0.2, 0.25) is 0 Å². The average Bonchev–Trinajstić information content (AvgIpc) is 2.54. The van der Waals surface area contributed by atoms with Crippen LogP contribution in [0.4, 0.5) is 0 Å². The van der Waals surface area contributed by atoms with Crippen molar-refractivity contribution in [3.05, 3.63) is 0 Å². The van der Waals surface area contributed by atoms with Gasteiger partial charge in [0.25, 0.3) is 0 Å². The Labute approximate surface area is 85.7 Å². The first kappa shape index (κ1) is 10.0. The fourth-order valence-corrected chi connectivity index (χ4v) is 3.76. The van der Waals surface area contributed by atoms with Gasteiger partial charge in [-0.05, 0) is 29.6 Å². The summed E-state index contributed by atoms with van der Waals surface area (Å²) in [5.74, 6) is -0.228. The van der Waals surface area contributed by atoms with E-state index in [1.807, 2.05) is 0 Å². The Morgan fingerprint density at radius 1 is 1.43 bits per heavy atom. The molecule has 14 heavy (non-hydrogen) atoms. The molecule has 0 aliphatic heterocycles. The number of carbonyl (C=O) groups is 1. The van der Waals surface area contributed by atoms with Crippen molar-refractivity contribution in [3.63, 3.8) is 0 Å². The molecule has 2 aliphatic rings. The molecule has 0 amide bonds. The van der Waals surface area contributed by atoms with E-state index in [2.05, 4.69) is 20.8 Å². The molecule has 0 spiro atoms. The first-order valence-corrected chi connectivity index (χ1v) is 5.68. The van der Waals surface area contributed by atoms with Crippen molar-refractivity contribution in [2.45, 2.75) is 46.5 Å². The normalized spacial score (nSPS) is 37.4. The summed E-state index contributed by atoms with van der Waals surface area (Å²) in [6, 6.07) is 0. The number of rotatable bonds is 3. The maximum absolute atomic E-state index is 11.1. The van der Waals surface area contributed by atoms with Crippen LogP contribution in [0.25, 0.3) is 0 Å². The predicted molar refractivity (Wildman–Crippen MR) is 55.0 cm³/mol. The SMILES string of the molecule is CCC1(C2C(C(=O)O)C2(C)C)CCC1. The summed E-state index contributed by atoms with van der Waals surface area (Å²) in [6.45, 7) is 6.45. The largest absolute Gasteiger partial charge is 0.481 e. The maximum atomic E-state index is 11.1. The topological polar surface area (TPSA) is 37.3 Å². The third kappa shape index (κ3) is 1.06. The minimum atomic E-state index is -0.584. The molecule has 2 aliphatic carbocycles. The van der Waals surface area contributed by atoms with Crippen LogP contribution in [0.15, 0.2) is 0 Å². The molecule has 2 fully saturated rings. The van der Waals surface area contributed by atoms with Crippen molar-refractivity contribution < 1.29 is 9.90 Å². The monoisotopic (exact) mass is 196 g/mol. The second kappa shape index (κ2) is 2.74. The smallest absolute Gasteiger partial charge is 0.307 e. The molecule has 0 aromatic rings. The van der Waals surface area contributed by atoms with E-state index in [1.165, 1.54) is 19.3 Å². The van der Waals surface area contributed by atoms with Crippen LogP contribution in [0.1, 0.15) is 46.5 Å². The van der Waals surface area contributed by atoms with Crippen LogP contribution < -0.4 is 0 Å². The van der Waals surface area contributed by atoms with E-state index < -0.39 is 5.97 Å². The molecule has 0 aromatic carbocycles. The number of hydrogen-bond acceptors (Lipinski definition) is 1. The van der Waals surface area contributed by atoms with Gasteiger partial charge in [-0.1, -0.05) is 33.6 Å². The lowest BCUT2D eigenvalue weighted by atomic mass is 9.62. The number of carboxylic acids is 1. The van der Waals surface area contributed by atoms with Gasteiger partial charge in [-0.3, -0.25) is 4.79 Å². The van der Waals surface area contributed by atoms with Gasteiger partial charge in [-0.15, -0.1) is 0 Å². The molecular weight excluding hydrogens is 176 g/mol. The van der Waals surface area contributed by atoms with Gasteiger partial charge >= 0.3 is 5.97 Å². The summed E-state index contributed by atoms with van der Waals surface area (Å²) in [7, 11) is 0. The Morgan fingerprint density at radius 3 is 2.21 bits per heavy atom. The number of hydrogen-bond donors (Lipinski definition) is 1. The van der Waals surface area contributed by atoms with Gasteiger partial charge in [0.05, 0.1) is 5.92 Å². The summed E-state index contributed by atoms with van der Waals surface area (Å²) in [4.78, 5) is 11.1. The van der Waals surface area contributed by atoms with E-state index in [-0.39, 0.29) is 11.3 Å². The predicted octanol–water partition coefficient (Wildman–Crippen LogP) is 2.92. The van der Waals surface area contributed by atoms with Gasteiger partial charge in [0.15, 0.2) is 0 Å². The zero-order valence-corrected chi connectivity index (χ0v) is 9.34. The highest BCUT2D eigenvalue weighted by molar-refractivity contribution is 5.75. The van der Waals surface area contributed by atoms with Crippen LogP contribution in [0, 0.1) is 22.7 Å². The van der Waals surface area contributed by atoms with Gasteiger partial charge < -0.3 is 5.11 Å². The lowest BCUT2D eigenvalue weighted by molar-refractivity contribution is -0.140. The lowest BCUT2D eigenvalue weighted by Crippen LogP contribution is -2.33. The van der Waals surface area contributed by atoms with E-state index in [0.29, 0.717) is 11.3 Å². The second-order valence-electron chi connectivity index (χ2n) is 5.68. The van der Waals surface area contributed by atoms with Crippen LogP contribution in [-0.4, -0.2) is 11.1 Å². The third-order valence-corrected chi connectivity index (χ3v) is 4.81. The molecule has 2 heteroatoms.